The summed E-state index contributed by atoms with van der Waals surface area (Å²) in [5.74, 6) is 1.04. The van der Waals surface area contributed by atoms with Gasteiger partial charge in [-0.3, -0.25) is 9.59 Å². The molecule has 9 heteroatoms. The number of nitrogens with zero attached hydrogens (tertiary/aromatic N) is 1. The Labute approximate surface area is 208 Å². The van der Waals surface area contributed by atoms with Crippen molar-refractivity contribution in [1.29, 1.82) is 0 Å². The summed E-state index contributed by atoms with van der Waals surface area (Å²) in [6.07, 6.45) is 0. The van der Waals surface area contributed by atoms with Gasteiger partial charge < -0.3 is 28.4 Å². The summed E-state index contributed by atoms with van der Waals surface area (Å²) in [5.41, 5.74) is 1.65. The molecule has 0 spiro atoms. The Morgan fingerprint density at radius 1 is 0.639 bits per heavy atom. The molecule has 0 saturated carbocycles. The Hall–Kier alpha value is -4.27. The van der Waals surface area contributed by atoms with Gasteiger partial charge in [-0.1, -0.05) is 0 Å². The molecule has 0 aliphatic heterocycles. The van der Waals surface area contributed by atoms with Gasteiger partial charge in [0.05, 0.1) is 39.2 Å². The lowest BCUT2D eigenvalue weighted by Crippen LogP contribution is -2.33. The molecular formula is C27H28NO8+. The summed E-state index contributed by atoms with van der Waals surface area (Å²) in [7, 11) is 8.08. The standard InChI is InChI=1S/C27H28NO8/c1-13-16-9-20(31-5)21(32-6)10-17(16)24-25(28(13)4)18-11-22(33-7)23(34-8)12-19(18)26(35-14(2)29)27(24)36-15(3)30/h9-12H,1-8H3/q+1. The normalized spacial score (nSPS) is 11.0. The topological polar surface area (TPSA) is 93.4 Å². The number of esters is 2. The van der Waals surface area contributed by atoms with Crippen LogP contribution in [0.5, 0.6) is 34.5 Å². The maximum absolute atomic E-state index is 12.3. The SMILES string of the molecule is COc1cc2c(C)[n+](C)c3c4cc(OC)c(OC)cc4c(OC(C)=O)c(OC(C)=O)c3c2cc1OC. The minimum atomic E-state index is -0.570. The maximum Gasteiger partial charge on any atom is 0.308 e. The second-order valence-electron chi connectivity index (χ2n) is 8.22. The Bertz CT molecular complexity index is 1550. The number of methoxy groups -OCH3 is 4. The van der Waals surface area contributed by atoms with E-state index in [9.17, 15) is 9.59 Å². The minimum Gasteiger partial charge on any atom is -0.493 e. The molecule has 4 rings (SSSR count). The van der Waals surface area contributed by atoms with Gasteiger partial charge in [-0.25, -0.2) is 0 Å². The van der Waals surface area contributed by atoms with Crippen LogP contribution >= 0.6 is 0 Å². The molecule has 1 aromatic heterocycles. The lowest BCUT2D eigenvalue weighted by molar-refractivity contribution is -0.649. The maximum atomic E-state index is 12.3. The van der Waals surface area contributed by atoms with Gasteiger partial charge in [0, 0.05) is 31.5 Å². The monoisotopic (exact) mass is 494 g/mol. The number of rotatable bonds is 6. The third kappa shape index (κ3) is 3.86. The summed E-state index contributed by atoms with van der Waals surface area (Å²) in [4.78, 5) is 24.5. The number of aryl methyl sites for hydroxylation is 2. The molecule has 36 heavy (non-hydrogen) atoms. The number of carbonyl (C=O) groups excluding carboxylic acids is 2. The van der Waals surface area contributed by atoms with Crippen molar-refractivity contribution in [2.24, 2.45) is 7.05 Å². The first kappa shape index (κ1) is 24.8. The van der Waals surface area contributed by atoms with E-state index < -0.39 is 11.9 Å². The Kier molecular flexibility index (Phi) is 6.49. The van der Waals surface area contributed by atoms with E-state index in [1.165, 1.54) is 21.0 Å². The van der Waals surface area contributed by atoms with Crippen LogP contribution in [0.1, 0.15) is 19.5 Å². The van der Waals surface area contributed by atoms with E-state index in [1.54, 1.807) is 27.4 Å². The van der Waals surface area contributed by atoms with Gasteiger partial charge in [-0.15, -0.1) is 0 Å². The summed E-state index contributed by atoms with van der Waals surface area (Å²) < 4.78 is 35.6. The van der Waals surface area contributed by atoms with Crippen molar-refractivity contribution in [1.82, 2.24) is 0 Å². The molecule has 0 N–H and O–H groups in total. The highest BCUT2D eigenvalue weighted by atomic mass is 16.6. The number of hydrogen-bond acceptors (Lipinski definition) is 8. The van der Waals surface area contributed by atoms with Gasteiger partial charge in [-0.2, -0.15) is 4.57 Å². The highest BCUT2D eigenvalue weighted by Crippen LogP contribution is 2.49. The van der Waals surface area contributed by atoms with Crippen LogP contribution in [-0.4, -0.2) is 40.4 Å². The quantitative estimate of drug-likeness (QED) is 0.171. The van der Waals surface area contributed by atoms with Crippen molar-refractivity contribution >= 4 is 44.4 Å². The van der Waals surface area contributed by atoms with Crippen LogP contribution < -0.4 is 33.0 Å². The van der Waals surface area contributed by atoms with Gasteiger partial charge in [-0.05, 0) is 24.3 Å². The summed E-state index contributed by atoms with van der Waals surface area (Å²) >= 11 is 0. The minimum absolute atomic E-state index is 0.0982. The lowest BCUT2D eigenvalue weighted by Gasteiger charge is -2.19. The molecular weight excluding hydrogens is 466 g/mol. The highest BCUT2D eigenvalue weighted by Gasteiger charge is 2.30. The second kappa shape index (κ2) is 9.41. The highest BCUT2D eigenvalue weighted by molar-refractivity contribution is 6.21. The van der Waals surface area contributed by atoms with Crippen LogP contribution in [0.2, 0.25) is 0 Å². The predicted octanol–water partition coefficient (Wildman–Crippen LogP) is 4.16. The van der Waals surface area contributed by atoms with E-state index >= 15 is 0 Å². The van der Waals surface area contributed by atoms with E-state index in [1.807, 2.05) is 36.7 Å². The lowest BCUT2D eigenvalue weighted by atomic mass is 9.96. The molecule has 4 aromatic rings. The third-order valence-corrected chi connectivity index (χ3v) is 6.21. The van der Waals surface area contributed by atoms with Crippen LogP contribution in [0.15, 0.2) is 24.3 Å². The molecule has 0 bridgehead atoms. The van der Waals surface area contributed by atoms with Gasteiger partial charge >= 0.3 is 11.9 Å². The van der Waals surface area contributed by atoms with Gasteiger partial charge in [0.25, 0.3) is 0 Å². The molecule has 0 aliphatic carbocycles. The first-order valence-corrected chi connectivity index (χ1v) is 11.1. The van der Waals surface area contributed by atoms with Crippen molar-refractivity contribution in [3.8, 4) is 34.5 Å². The van der Waals surface area contributed by atoms with Crippen LogP contribution in [0.4, 0.5) is 0 Å². The average Bonchev–Trinajstić information content (AvgIpc) is 2.86. The Balaban J connectivity index is 2.40. The van der Waals surface area contributed by atoms with Crippen LogP contribution in [0.25, 0.3) is 32.4 Å². The fraction of sp³-hybridized carbons (Fsp3) is 0.296. The zero-order valence-corrected chi connectivity index (χ0v) is 21.5. The first-order chi connectivity index (χ1) is 17.2. The molecule has 188 valence electrons. The second-order valence-corrected chi connectivity index (χ2v) is 8.22. The first-order valence-electron chi connectivity index (χ1n) is 11.1. The van der Waals surface area contributed by atoms with E-state index in [0.29, 0.717) is 39.2 Å². The molecule has 0 saturated heterocycles. The molecule has 1 heterocycles. The third-order valence-electron chi connectivity index (χ3n) is 6.21. The molecule has 0 atom stereocenters. The van der Waals surface area contributed by atoms with Crippen LogP contribution in [0.3, 0.4) is 0 Å². The van der Waals surface area contributed by atoms with Gasteiger partial charge in [0.15, 0.2) is 40.2 Å². The molecule has 0 aliphatic rings. The van der Waals surface area contributed by atoms with Crippen molar-refractivity contribution < 1.29 is 42.6 Å². The van der Waals surface area contributed by atoms with Gasteiger partial charge in [0.1, 0.15) is 12.4 Å². The molecule has 3 aromatic carbocycles. The molecule has 0 fully saturated rings. The summed E-state index contributed by atoms with van der Waals surface area (Å²) in [6.45, 7) is 4.56. The molecule has 0 unspecified atom stereocenters. The van der Waals surface area contributed by atoms with Crippen molar-refractivity contribution in [2.45, 2.75) is 20.8 Å². The summed E-state index contributed by atoms with van der Waals surface area (Å²) in [6, 6.07) is 7.20. The number of pyridine rings is 1. The zero-order valence-electron chi connectivity index (χ0n) is 21.5. The fourth-order valence-electron chi connectivity index (χ4n) is 4.56. The van der Waals surface area contributed by atoms with E-state index in [0.717, 1.165) is 22.0 Å². The number of benzene rings is 3. The average molecular weight is 495 g/mol. The predicted molar refractivity (Wildman–Crippen MR) is 134 cm³/mol. The molecule has 9 nitrogen and oxygen atoms in total. The smallest absolute Gasteiger partial charge is 0.308 e. The zero-order chi connectivity index (χ0) is 26.3. The molecule has 0 radical (unpaired) electrons. The van der Waals surface area contributed by atoms with Crippen molar-refractivity contribution in [3.63, 3.8) is 0 Å². The van der Waals surface area contributed by atoms with Gasteiger partial charge in [0.2, 0.25) is 5.52 Å². The Morgan fingerprint density at radius 2 is 1.06 bits per heavy atom. The Morgan fingerprint density at radius 3 is 1.53 bits per heavy atom. The van der Waals surface area contributed by atoms with E-state index in [2.05, 4.69) is 0 Å². The number of ether oxygens (including phenoxy) is 6. The largest absolute Gasteiger partial charge is 0.493 e. The van der Waals surface area contributed by atoms with E-state index in [4.69, 9.17) is 28.4 Å². The fourth-order valence-corrected chi connectivity index (χ4v) is 4.56. The number of aromatic nitrogens is 1. The van der Waals surface area contributed by atoms with Crippen molar-refractivity contribution in [3.05, 3.63) is 30.0 Å². The summed E-state index contributed by atoms with van der Waals surface area (Å²) in [5, 5.41) is 3.34. The number of fused-ring (bicyclic) bond motifs is 5. The van der Waals surface area contributed by atoms with Crippen LogP contribution in [0, 0.1) is 6.92 Å². The molecule has 0 amide bonds. The van der Waals surface area contributed by atoms with Crippen molar-refractivity contribution in [2.75, 3.05) is 28.4 Å². The number of hydrogen-bond donors (Lipinski definition) is 0. The number of carbonyl (C=O) groups is 2. The van der Waals surface area contributed by atoms with E-state index in [-0.39, 0.29) is 11.5 Å². The van der Waals surface area contributed by atoms with Crippen LogP contribution in [-0.2, 0) is 16.6 Å².